The van der Waals surface area contributed by atoms with Crippen molar-refractivity contribution in [2.24, 2.45) is 0 Å². The number of piperidine rings is 1. The zero-order valence-corrected chi connectivity index (χ0v) is 15.5. The van der Waals surface area contributed by atoms with E-state index in [0.29, 0.717) is 12.5 Å². The van der Waals surface area contributed by atoms with Crippen LogP contribution in [0.4, 0.5) is 5.95 Å². The van der Waals surface area contributed by atoms with Crippen LogP contribution in [0.15, 0.2) is 18.5 Å². The quantitative estimate of drug-likeness (QED) is 0.776. The molecule has 25 heavy (non-hydrogen) atoms. The molecular formula is C18H30N6O. The molecule has 2 aliphatic rings. The minimum absolute atomic E-state index is 0.272. The molecule has 0 aromatic carbocycles. The Bertz CT molecular complexity index is 538. The fourth-order valence-electron chi connectivity index (χ4n) is 3.66. The predicted octanol–water partition coefficient (Wildman–Crippen LogP) is 0.541. The Morgan fingerprint density at radius 3 is 2.40 bits per heavy atom. The summed E-state index contributed by atoms with van der Waals surface area (Å²) in [4.78, 5) is 30.0. The molecule has 7 nitrogen and oxygen atoms in total. The number of piperazine rings is 1. The van der Waals surface area contributed by atoms with Crippen molar-refractivity contribution in [2.45, 2.75) is 25.3 Å². The monoisotopic (exact) mass is 346 g/mol. The molecule has 0 saturated carbocycles. The molecule has 1 amide bonds. The second-order valence-electron chi connectivity index (χ2n) is 7.18. The second-order valence-corrected chi connectivity index (χ2v) is 7.18. The molecule has 7 heteroatoms. The molecule has 0 radical (unpaired) electrons. The standard InChI is InChI=1S/C18H30N6O/c1-21-9-4-16(5-10-21)22(2)11-6-17(25)23-12-14-24(15-13-23)18-19-7-3-8-20-18/h3,7-8,16H,4-6,9-15H2,1-2H3. The third-order valence-corrected chi connectivity index (χ3v) is 5.46. The van der Waals surface area contributed by atoms with Gasteiger partial charge in [0.2, 0.25) is 11.9 Å². The van der Waals surface area contributed by atoms with Crippen molar-refractivity contribution in [3.63, 3.8) is 0 Å². The summed E-state index contributed by atoms with van der Waals surface area (Å²) in [6.07, 6.45) is 6.55. The van der Waals surface area contributed by atoms with Gasteiger partial charge in [0.05, 0.1) is 0 Å². The van der Waals surface area contributed by atoms with Crippen LogP contribution < -0.4 is 4.90 Å². The Labute approximate surface area is 150 Å². The van der Waals surface area contributed by atoms with Gasteiger partial charge >= 0.3 is 0 Å². The first-order chi connectivity index (χ1) is 12.1. The zero-order chi connectivity index (χ0) is 17.6. The second kappa shape index (κ2) is 8.58. The summed E-state index contributed by atoms with van der Waals surface area (Å²) in [5.41, 5.74) is 0. The average Bonchev–Trinajstić information content (AvgIpc) is 2.67. The predicted molar refractivity (Wildman–Crippen MR) is 98.6 cm³/mol. The Hall–Kier alpha value is -1.73. The van der Waals surface area contributed by atoms with E-state index in [1.807, 2.05) is 11.0 Å². The largest absolute Gasteiger partial charge is 0.339 e. The number of rotatable bonds is 5. The van der Waals surface area contributed by atoms with E-state index >= 15 is 0 Å². The minimum Gasteiger partial charge on any atom is -0.339 e. The summed E-state index contributed by atoms with van der Waals surface area (Å²) >= 11 is 0. The fraction of sp³-hybridized carbons (Fsp3) is 0.722. The fourth-order valence-corrected chi connectivity index (χ4v) is 3.66. The van der Waals surface area contributed by atoms with E-state index in [1.54, 1.807) is 12.4 Å². The topological polar surface area (TPSA) is 55.8 Å². The Morgan fingerprint density at radius 2 is 1.76 bits per heavy atom. The molecule has 0 N–H and O–H groups in total. The van der Waals surface area contributed by atoms with Gasteiger partial charge in [-0.3, -0.25) is 4.79 Å². The molecule has 2 fully saturated rings. The normalized spacial score (nSPS) is 20.3. The summed E-state index contributed by atoms with van der Waals surface area (Å²) in [7, 11) is 4.34. The van der Waals surface area contributed by atoms with E-state index < -0.39 is 0 Å². The summed E-state index contributed by atoms with van der Waals surface area (Å²) < 4.78 is 0. The Kier molecular flexibility index (Phi) is 6.20. The van der Waals surface area contributed by atoms with Gasteiger partial charge in [-0.2, -0.15) is 0 Å². The first-order valence-corrected chi connectivity index (χ1v) is 9.32. The number of anilines is 1. The first-order valence-electron chi connectivity index (χ1n) is 9.32. The van der Waals surface area contributed by atoms with Crippen molar-refractivity contribution >= 4 is 11.9 Å². The Morgan fingerprint density at radius 1 is 1.12 bits per heavy atom. The van der Waals surface area contributed by atoms with Gasteiger partial charge in [0, 0.05) is 57.6 Å². The van der Waals surface area contributed by atoms with Crippen LogP contribution in [0.2, 0.25) is 0 Å². The third kappa shape index (κ3) is 4.89. The van der Waals surface area contributed by atoms with Gasteiger partial charge in [-0.25, -0.2) is 9.97 Å². The van der Waals surface area contributed by atoms with Gasteiger partial charge in [-0.1, -0.05) is 0 Å². The summed E-state index contributed by atoms with van der Waals surface area (Å²) in [6, 6.07) is 2.44. The third-order valence-electron chi connectivity index (χ3n) is 5.46. The number of hydrogen-bond acceptors (Lipinski definition) is 6. The maximum absolute atomic E-state index is 12.5. The number of nitrogens with zero attached hydrogens (tertiary/aromatic N) is 6. The SMILES string of the molecule is CN1CCC(N(C)CCC(=O)N2CCN(c3ncccn3)CC2)CC1. The number of hydrogen-bond donors (Lipinski definition) is 0. The molecule has 2 aliphatic heterocycles. The smallest absolute Gasteiger partial charge is 0.225 e. The van der Waals surface area contributed by atoms with E-state index in [2.05, 4.69) is 38.8 Å². The molecule has 1 aromatic heterocycles. The summed E-state index contributed by atoms with van der Waals surface area (Å²) in [6.45, 7) is 6.30. The van der Waals surface area contributed by atoms with Gasteiger partial charge in [0.25, 0.3) is 0 Å². The Balaban J connectivity index is 1.39. The zero-order valence-electron chi connectivity index (χ0n) is 15.5. The highest BCUT2D eigenvalue weighted by molar-refractivity contribution is 5.76. The lowest BCUT2D eigenvalue weighted by molar-refractivity contribution is -0.131. The van der Waals surface area contributed by atoms with E-state index in [0.717, 1.165) is 51.8 Å². The molecule has 1 aromatic rings. The van der Waals surface area contributed by atoms with Crippen molar-refractivity contribution in [2.75, 3.05) is 64.8 Å². The lowest BCUT2D eigenvalue weighted by Gasteiger charge is -2.36. The molecule has 3 heterocycles. The number of likely N-dealkylation sites (tertiary alicyclic amines) is 1. The van der Waals surface area contributed by atoms with E-state index in [9.17, 15) is 4.79 Å². The highest BCUT2D eigenvalue weighted by atomic mass is 16.2. The van der Waals surface area contributed by atoms with Crippen LogP contribution in [0.3, 0.4) is 0 Å². The minimum atomic E-state index is 0.272. The van der Waals surface area contributed by atoms with E-state index in [-0.39, 0.29) is 5.91 Å². The molecule has 0 spiro atoms. The van der Waals surface area contributed by atoms with Gasteiger partial charge in [0.1, 0.15) is 0 Å². The molecule has 0 atom stereocenters. The highest BCUT2D eigenvalue weighted by Crippen LogP contribution is 2.15. The summed E-state index contributed by atoms with van der Waals surface area (Å²) in [5.74, 6) is 1.03. The van der Waals surface area contributed by atoms with Gasteiger partial charge in [-0.15, -0.1) is 0 Å². The van der Waals surface area contributed by atoms with E-state index in [1.165, 1.54) is 12.8 Å². The maximum atomic E-state index is 12.5. The molecule has 138 valence electrons. The molecular weight excluding hydrogens is 316 g/mol. The van der Waals surface area contributed by atoms with Crippen LogP contribution in [0.1, 0.15) is 19.3 Å². The molecule has 2 saturated heterocycles. The number of carbonyl (C=O) groups excluding carboxylic acids is 1. The molecule has 0 bridgehead atoms. The molecule has 3 rings (SSSR count). The lowest BCUT2D eigenvalue weighted by atomic mass is 10.0. The van der Waals surface area contributed by atoms with Crippen molar-refractivity contribution in [1.82, 2.24) is 24.7 Å². The summed E-state index contributed by atoms with van der Waals surface area (Å²) in [5, 5.41) is 0. The van der Waals surface area contributed by atoms with Crippen LogP contribution in [0.5, 0.6) is 0 Å². The first kappa shape index (κ1) is 18.1. The maximum Gasteiger partial charge on any atom is 0.225 e. The average molecular weight is 346 g/mol. The number of amides is 1. The van der Waals surface area contributed by atoms with Crippen LogP contribution in [0, 0.1) is 0 Å². The van der Waals surface area contributed by atoms with Gasteiger partial charge < -0.3 is 19.6 Å². The lowest BCUT2D eigenvalue weighted by Crippen LogP contribution is -2.50. The molecule has 0 aliphatic carbocycles. The number of aromatic nitrogens is 2. The number of carbonyl (C=O) groups is 1. The van der Waals surface area contributed by atoms with Gasteiger partial charge in [0.15, 0.2) is 0 Å². The van der Waals surface area contributed by atoms with Crippen molar-refractivity contribution < 1.29 is 4.79 Å². The van der Waals surface area contributed by atoms with Crippen molar-refractivity contribution in [3.05, 3.63) is 18.5 Å². The van der Waals surface area contributed by atoms with Gasteiger partial charge in [-0.05, 0) is 46.1 Å². The van der Waals surface area contributed by atoms with Crippen molar-refractivity contribution in [1.29, 1.82) is 0 Å². The van der Waals surface area contributed by atoms with E-state index in [4.69, 9.17) is 0 Å². The highest BCUT2D eigenvalue weighted by Gasteiger charge is 2.24. The van der Waals surface area contributed by atoms with Crippen LogP contribution in [-0.2, 0) is 4.79 Å². The molecule has 0 unspecified atom stereocenters. The van der Waals surface area contributed by atoms with Crippen LogP contribution in [-0.4, -0.2) is 96.5 Å². The van der Waals surface area contributed by atoms with Crippen LogP contribution >= 0.6 is 0 Å². The van der Waals surface area contributed by atoms with Crippen LogP contribution in [0.25, 0.3) is 0 Å². The van der Waals surface area contributed by atoms with Crippen molar-refractivity contribution in [3.8, 4) is 0 Å².